The molecule has 4 atom stereocenters. The van der Waals surface area contributed by atoms with E-state index in [1.807, 2.05) is 30.3 Å². The van der Waals surface area contributed by atoms with Crippen LogP contribution in [0.15, 0.2) is 78.9 Å². The summed E-state index contributed by atoms with van der Waals surface area (Å²) < 4.78 is 5.24. The van der Waals surface area contributed by atoms with Crippen molar-refractivity contribution < 1.29 is 19.4 Å². The smallest absolute Gasteiger partial charge is 0.270 e. The first-order valence-electron chi connectivity index (χ1n) is 11.0. The number of ketones is 1. The molecule has 2 heterocycles. The third-order valence-corrected chi connectivity index (χ3v) is 6.72. The second-order valence-electron chi connectivity index (χ2n) is 8.51. The maximum atomic E-state index is 14.0. The highest BCUT2D eigenvalue weighted by molar-refractivity contribution is 6.04. The lowest BCUT2D eigenvalue weighted by Crippen LogP contribution is -2.44. The summed E-state index contributed by atoms with van der Waals surface area (Å²) in [5.74, 6) is -0.619. The van der Waals surface area contributed by atoms with Crippen molar-refractivity contribution in [3.63, 3.8) is 0 Å². The van der Waals surface area contributed by atoms with E-state index in [0.29, 0.717) is 17.0 Å². The average molecular weight is 471 g/mol. The number of carbonyl (C=O) groups excluding carboxylic acids is 1. The first-order valence-corrected chi connectivity index (χ1v) is 11.0. The Hall–Kier alpha value is -4.53. The number of para-hydroxylation sites is 1. The van der Waals surface area contributed by atoms with Gasteiger partial charge in [-0.25, -0.2) is 0 Å². The van der Waals surface area contributed by atoms with Crippen LogP contribution in [-0.2, 0) is 0 Å². The number of nitro groups is 2. The number of hydrogen-bond acceptors (Lipinski definition) is 7. The fourth-order valence-corrected chi connectivity index (χ4v) is 5.20. The molecule has 0 amide bonds. The number of non-ortho nitro benzene ring substituents is 1. The van der Waals surface area contributed by atoms with E-state index in [1.54, 1.807) is 35.2 Å². The number of rotatable bonds is 6. The van der Waals surface area contributed by atoms with Gasteiger partial charge in [0.05, 0.1) is 18.0 Å². The zero-order valence-corrected chi connectivity index (χ0v) is 18.7. The summed E-state index contributed by atoms with van der Waals surface area (Å²) in [5, 5.41) is 23.8. The topological polar surface area (TPSA) is 116 Å². The summed E-state index contributed by atoms with van der Waals surface area (Å²) in [6, 6.07) is 17.1. The molecule has 0 radical (unpaired) electrons. The molecular formula is C26H21N3O6. The molecule has 35 heavy (non-hydrogen) atoms. The van der Waals surface area contributed by atoms with Gasteiger partial charge in [-0.2, -0.15) is 0 Å². The number of fused-ring (bicyclic) bond motifs is 3. The summed E-state index contributed by atoms with van der Waals surface area (Å²) in [5.41, 5.74) is 2.11. The molecule has 0 bridgehead atoms. The van der Waals surface area contributed by atoms with Gasteiger partial charge in [-0.15, -0.1) is 0 Å². The van der Waals surface area contributed by atoms with Gasteiger partial charge in [-0.3, -0.25) is 25.0 Å². The van der Waals surface area contributed by atoms with E-state index < -0.39 is 34.7 Å². The highest BCUT2D eigenvalue weighted by Gasteiger charge is 2.59. The van der Waals surface area contributed by atoms with Crippen LogP contribution in [0.25, 0.3) is 6.08 Å². The number of Topliss-reactive ketones (excluding diaryl/α,β-unsaturated/α-hetero) is 1. The van der Waals surface area contributed by atoms with Gasteiger partial charge in [0, 0.05) is 28.3 Å². The number of nitro benzene ring substituents is 1. The van der Waals surface area contributed by atoms with Crippen molar-refractivity contribution in [2.45, 2.75) is 24.0 Å². The van der Waals surface area contributed by atoms with Crippen LogP contribution in [0.5, 0.6) is 5.75 Å². The standard InChI is InChI=1S/C26H21N3O6/c1-35-20-12-9-17(10-13-20)23-24(29(33)34)22-14-11-16-5-2-3-8-21(16)27(22)25(23)26(30)18-6-4-7-19(15-18)28(31)32/h2-15,22-25H,1H3/t22-,23+,24+,25-/m1/s1. The molecule has 0 aliphatic carbocycles. The fraction of sp³-hybridized carbons (Fsp3) is 0.192. The van der Waals surface area contributed by atoms with Gasteiger partial charge in [0.25, 0.3) is 5.69 Å². The van der Waals surface area contributed by atoms with Crippen molar-refractivity contribution in [1.82, 2.24) is 0 Å². The van der Waals surface area contributed by atoms with E-state index >= 15 is 0 Å². The van der Waals surface area contributed by atoms with Crippen LogP contribution >= 0.6 is 0 Å². The summed E-state index contributed by atoms with van der Waals surface area (Å²) in [7, 11) is 1.53. The first kappa shape index (κ1) is 22.3. The number of carbonyl (C=O) groups is 1. The number of hydrogen-bond donors (Lipinski definition) is 0. The van der Waals surface area contributed by atoms with Crippen LogP contribution < -0.4 is 9.64 Å². The monoisotopic (exact) mass is 471 g/mol. The first-order chi connectivity index (χ1) is 16.9. The Labute approximate surface area is 200 Å². The number of ether oxygens (including phenoxy) is 1. The van der Waals surface area contributed by atoms with Crippen molar-refractivity contribution in [3.05, 3.63) is 116 Å². The largest absolute Gasteiger partial charge is 0.497 e. The fourth-order valence-electron chi connectivity index (χ4n) is 5.20. The molecule has 0 spiro atoms. The Balaban J connectivity index is 1.70. The lowest BCUT2D eigenvalue weighted by Gasteiger charge is -2.34. The number of benzene rings is 3. The summed E-state index contributed by atoms with van der Waals surface area (Å²) in [6.45, 7) is 0. The highest BCUT2D eigenvalue weighted by atomic mass is 16.6. The van der Waals surface area contributed by atoms with Gasteiger partial charge < -0.3 is 9.64 Å². The third-order valence-electron chi connectivity index (χ3n) is 6.72. The SMILES string of the molecule is COc1ccc([C@H]2[C@@H]([N+](=O)[O-])[C@H]3C=Cc4ccccc4N3[C@H]2C(=O)c2cccc([N+](=O)[O-])c2)cc1. The molecule has 176 valence electrons. The third kappa shape index (κ3) is 3.71. The normalized spacial score (nSPS) is 22.3. The van der Waals surface area contributed by atoms with Crippen LogP contribution in [0.4, 0.5) is 11.4 Å². The number of nitrogens with zero attached hydrogens (tertiary/aromatic N) is 3. The van der Waals surface area contributed by atoms with E-state index in [0.717, 1.165) is 5.56 Å². The minimum Gasteiger partial charge on any atom is -0.497 e. The summed E-state index contributed by atoms with van der Waals surface area (Å²) in [4.78, 5) is 38.7. The molecule has 0 aromatic heterocycles. The lowest BCUT2D eigenvalue weighted by atomic mass is 9.83. The van der Waals surface area contributed by atoms with Crippen LogP contribution in [0.3, 0.4) is 0 Å². The highest BCUT2D eigenvalue weighted by Crippen LogP contribution is 2.47. The van der Waals surface area contributed by atoms with Crippen molar-refractivity contribution in [2.24, 2.45) is 0 Å². The average Bonchev–Trinajstić information content (AvgIpc) is 3.24. The molecule has 0 N–H and O–H groups in total. The van der Waals surface area contributed by atoms with Crippen molar-refractivity contribution >= 4 is 23.2 Å². The molecule has 3 aromatic rings. The molecule has 2 aliphatic heterocycles. The lowest BCUT2D eigenvalue weighted by molar-refractivity contribution is -0.524. The van der Waals surface area contributed by atoms with Crippen LogP contribution in [0.1, 0.15) is 27.4 Å². The van der Waals surface area contributed by atoms with Gasteiger partial charge in [0.2, 0.25) is 6.04 Å². The van der Waals surface area contributed by atoms with Gasteiger partial charge >= 0.3 is 0 Å². The number of methoxy groups -OCH3 is 1. The predicted octanol–water partition coefficient (Wildman–Crippen LogP) is 4.50. The molecule has 1 fully saturated rings. The Morgan fingerprint density at radius 2 is 1.71 bits per heavy atom. The van der Waals surface area contributed by atoms with Crippen molar-refractivity contribution in [3.8, 4) is 5.75 Å². The summed E-state index contributed by atoms with van der Waals surface area (Å²) in [6.07, 6.45) is 3.62. The maximum Gasteiger partial charge on any atom is 0.270 e. The van der Waals surface area contributed by atoms with Crippen molar-refractivity contribution in [1.29, 1.82) is 0 Å². The van der Waals surface area contributed by atoms with Gasteiger partial charge in [0.15, 0.2) is 5.78 Å². The minimum atomic E-state index is -1.11. The Morgan fingerprint density at radius 3 is 2.40 bits per heavy atom. The van der Waals surface area contributed by atoms with Crippen LogP contribution in [-0.4, -0.2) is 40.9 Å². The molecule has 5 rings (SSSR count). The molecule has 0 saturated carbocycles. The molecule has 3 aromatic carbocycles. The van der Waals surface area contributed by atoms with E-state index in [2.05, 4.69) is 0 Å². The zero-order valence-electron chi connectivity index (χ0n) is 18.7. The molecule has 2 aliphatic rings. The molecule has 9 nitrogen and oxygen atoms in total. The summed E-state index contributed by atoms with van der Waals surface area (Å²) >= 11 is 0. The van der Waals surface area contributed by atoms with Gasteiger partial charge in [-0.1, -0.05) is 54.6 Å². The zero-order chi connectivity index (χ0) is 24.7. The van der Waals surface area contributed by atoms with Crippen LogP contribution in [0, 0.1) is 20.2 Å². The quantitative estimate of drug-likeness (QED) is 0.295. The van der Waals surface area contributed by atoms with Gasteiger partial charge in [-0.05, 0) is 29.3 Å². The second-order valence-corrected chi connectivity index (χ2v) is 8.51. The molecule has 0 unspecified atom stereocenters. The second kappa shape index (κ2) is 8.68. The predicted molar refractivity (Wildman–Crippen MR) is 129 cm³/mol. The van der Waals surface area contributed by atoms with E-state index in [9.17, 15) is 25.0 Å². The number of anilines is 1. The van der Waals surface area contributed by atoms with E-state index in [1.165, 1.54) is 31.4 Å². The maximum absolute atomic E-state index is 14.0. The minimum absolute atomic E-state index is 0.137. The van der Waals surface area contributed by atoms with E-state index in [4.69, 9.17) is 4.74 Å². The van der Waals surface area contributed by atoms with Crippen molar-refractivity contribution in [2.75, 3.05) is 12.0 Å². The Morgan fingerprint density at radius 1 is 0.971 bits per heavy atom. The van der Waals surface area contributed by atoms with Crippen LogP contribution in [0.2, 0.25) is 0 Å². The molecule has 1 saturated heterocycles. The van der Waals surface area contributed by atoms with Gasteiger partial charge in [0.1, 0.15) is 17.8 Å². The Bertz CT molecular complexity index is 1350. The Kier molecular flexibility index (Phi) is 5.52. The molecule has 9 heteroatoms. The van der Waals surface area contributed by atoms with E-state index in [-0.39, 0.29) is 16.2 Å². The molecular weight excluding hydrogens is 450 g/mol.